The van der Waals surface area contributed by atoms with E-state index in [1.54, 1.807) is 20.8 Å². The largest absolute Gasteiger partial charge is 0.481 e. The molecule has 1 unspecified atom stereocenters. The molecule has 0 fully saturated rings. The number of nitrogens with one attached hydrogen (secondary N) is 1. The third-order valence-electron chi connectivity index (χ3n) is 2.81. The quantitative estimate of drug-likeness (QED) is 0.715. The van der Waals surface area contributed by atoms with Gasteiger partial charge in [-0.2, -0.15) is 0 Å². The van der Waals surface area contributed by atoms with Crippen molar-refractivity contribution in [3.05, 3.63) is 24.3 Å². The van der Waals surface area contributed by atoms with E-state index in [1.807, 2.05) is 0 Å². The third-order valence-corrected chi connectivity index (χ3v) is 3.72. The zero-order valence-electron chi connectivity index (χ0n) is 12.0. The molecule has 0 aliphatic carbocycles. The smallest absolute Gasteiger partial charge is 0.316 e. The maximum atomic E-state index is 12.1. The highest BCUT2D eigenvalue weighted by molar-refractivity contribution is 7.89. The van der Waals surface area contributed by atoms with Gasteiger partial charge in [-0.15, -0.1) is 0 Å². The predicted octanol–water partition coefficient (Wildman–Crippen LogP) is 1.02. The molecule has 0 aliphatic rings. The molecule has 4 N–H and O–H groups in total. The van der Waals surface area contributed by atoms with E-state index in [-0.39, 0.29) is 10.6 Å². The minimum Gasteiger partial charge on any atom is -0.481 e. The number of primary sulfonamides is 1. The monoisotopic (exact) mass is 314 g/mol. The molecule has 7 nitrogen and oxygen atoms in total. The van der Waals surface area contributed by atoms with Crippen LogP contribution in [0.2, 0.25) is 0 Å². The van der Waals surface area contributed by atoms with Gasteiger partial charge in [0, 0.05) is 5.69 Å². The molecule has 116 valence electrons. The lowest BCUT2D eigenvalue weighted by molar-refractivity contribution is -0.149. The number of carbonyl (C=O) groups is 2. The van der Waals surface area contributed by atoms with E-state index in [0.717, 1.165) is 0 Å². The van der Waals surface area contributed by atoms with E-state index in [9.17, 15) is 18.0 Å². The topological polar surface area (TPSA) is 127 Å². The summed E-state index contributed by atoms with van der Waals surface area (Å²) in [5, 5.41) is 16.6. The van der Waals surface area contributed by atoms with Crippen LogP contribution in [0.1, 0.15) is 20.8 Å². The van der Waals surface area contributed by atoms with Gasteiger partial charge in [0.25, 0.3) is 0 Å². The number of benzene rings is 1. The molecule has 0 bridgehead atoms. The van der Waals surface area contributed by atoms with Crippen LogP contribution in [-0.2, 0) is 19.6 Å². The van der Waals surface area contributed by atoms with Crippen molar-refractivity contribution in [2.24, 2.45) is 16.5 Å². The van der Waals surface area contributed by atoms with Crippen LogP contribution in [0.25, 0.3) is 0 Å². The van der Waals surface area contributed by atoms with Crippen LogP contribution >= 0.6 is 0 Å². The number of aliphatic carboxylic acids is 1. The van der Waals surface area contributed by atoms with Crippen LogP contribution in [-0.4, -0.2) is 25.4 Å². The van der Waals surface area contributed by atoms with Crippen molar-refractivity contribution < 1.29 is 23.1 Å². The van der Waals surface area contributed by atoms with Gasteiger partial charge in [0.2, 0.25) is 15.9 Å². The van der Waals surface area contributed by atoms with Crippen molar-refractivity contribution in [3.8, 4) is 0 Å². The molecular formula is C13H18N2O5S. The summed E-state index contributed by atoms with van der Waals surface area (Å²) < 4.78 is 22.5. The molecule has 21 heavy (non-hydrogen) atoms. The molecule has 8 heteroatoms. The Morgan fingerprint density at radius 1 is 1.29 bits per heavy atom. The number of carbonyl (C=O) groups excluding carboxylic acids is 1. The molecule has 1 atom stereocenters. The number of sulfonamides is 1. The highest BCUT2D eigenvalue weighted by atomic mass is 32.2. The van der Waals surface area contributed by atoms with Gasteiger partial charge in [0.1, 0.15) is 5.92 Å². The maximum absolute atomic E-state index is 12.1. The molecule has 1 aromatic rings. The predicted molar refractivity (Wildman–Crippen MR) is 77.0 cm³/mol. The van der Waals surface area contributed by atoms with E-state index in [0.29, 0.717) is 0 Å². The first-order valence-electron chi connectivity index (χ1n) is 6.09. The van der Waals surface area contributed by atoms with E-state index in [4.69, 9.17) is 10.2 Å². The Bertz CT molecular complexity index is 661. The number of rotatable bonds is 4. The fraction of sp³-hybridized carbons (Fsp3) is 0.385. The van der Waals surface area contributed by atoms with Gasteiger partial charge in [-0.3, -0.25) is 9.59 Å². The Balaban J connectivity index is 3.06. The Kier molecular flexibility index (Phi) is 4.75. The third kappa shape index (κ3) is 4.54. The van der Waals surface area contributed by atoms with Crippen LogP contribution < -0.4 is 10.5 Å². The van der Waals surface area contributed by atoms with Gasteiger partial charge in [-0.1, -0.05) is 26.8 Å². The Morgan fingerprint density at radius 2 is 1.86 bits per heavy atom. The standard InChI is InChI=1S/C13H18N2O5S/c1-13(2,3)10(12(17)18)11(16)15-8-5-4-6-9(7-8)21(14,19)20/h4-7,10H,1-3H3,(H,15,16)(H,17,18)(H2,14,19,20). The second-order valence-corrected chi connectivity index (χ2v) is 7.26. The van der Waals surface area contributed by atoms with Crippen molar-refractivity contribution in [2.75, 3.05) is 5.32 Å². The number of hydrogen-bond acceptors (Lipinski definition) is 4. The molecule has 0 heterocycles. The highest BCUT2D eigenvalue weighted by Gasteiger charge is 2.37. The highest BCUT2D eigenvalue weighted by Crippen LogP contribution is 2.27. The molecule has 1 rings (SSSR count). The first-order valence-corrected chi connectivity index (χ1v) is 7.64. The van der Waals surface area contributed by atoms with Crippen LogP contribution in [0, 0.1) is 11.3 Å². The lowest BCUT2D eigenvalue weighted by Crippen LogP contribution is -2.39. The van der Waals surface area contributed by atoms with E-state index in [1.165, 1.54) is 24.3 Å². The zero-order valence-corrected chi connectivity index (χ0v) is 12.8. The number of nitrogens with two attached hydrogens (primary N) is 1. The molecule has 0 spiro atoms. The van der Waals surface area contributed by atoms with Crippen LogP contribution in [0.5, 0.6) is 0 Å². The number of anilines is 1. The summed E-state index contributed by atoms with van der Waals surface area (Å²) in [6, 6.07) is 5.31. The summed E-state index contributed by atoms with van der Waals surface area (Å²) in [6.07, 6.45) is 0. The van der Waals surface area contributed by atoms with Crippen LogP contribution in [0.15, 0.2) is 29.2 Å². The van der Waals surface area contributed by atoms with Crippen molar-refractivity contribution in [1.82, 2.24) is 0 Å². The second kappa shape index (κ2) is 5.82. The molecule has 0 aromatic heterocycles. The molecular weight excluding hydrogens is 296 g/mol. The number of amides is 1. The molecule has 1 amide bonds. The first-order chi connectivity index (χ1) is 9.43. The van der Waals surface area contributed by atoms with E-state index >= 15 is 0 Å². The average molecular weight is 314 g/mol. The minimum atomic E-state index is -3.89. The summed E-state index contributed by atoms with van der Waals surface area (Å²) in [7, 11) is -3.89. The number of hydrogen-bond donors (Lipinski definition) is 3. The molecule has 0 saturated carbocycles. The molecule has 0 aliphatic heterocycles. The SMILES string of the molecule is CC(C)(C)C(C(=O)O)C(=O)Nc1cccc(S(N)(=O)=O)c1. The van der Waals surface area contributed by atoms with Gasteiger partial charge in [-0.05, 0) is 23.6 Å². The fourth-order valence-electron chi connectivity index (χ4n) is 1.84. The maximum Gasteiger partial charge on any atom is 0.316 e. The van der Waals surface area contributed by atoms with Gasteiger partial charge in [0.05, 0.1) is 4.90 Å². The molecule has 0 radical (unpaired) electrons. The van der Waals surface area contributed by atoms with Crippen LogP contribution in [0.4, 0.5) is 5.69 Å². The van der Waals surface area contributed by atoms with Gasteiger partial charge in [-0.25, -0.2) is 13.6 Å². The Hall–Kier alpha value is -1.93. The zero-order chi connectivity index (χ0) is 16.4. The minimum absolute atomic E-state index is 0.164. The normalized spacial score (nSPS) is 13.5. The van der Waals surface area contributed by atoms with E-state index < -0.39 is 33.2 Å². The molecule has 0 saturated heterocycles. The van der Waals surface area contributed by atoms with Crippen molar-refractivity contribution in [1.29, 1.82) is 0 Å². The molecule has 1 aromatic carbocycles. The average Bonchev–Trinajstić information content (AvgIpc) is 2.25. The van der Waals surface area contributed by atoms with Gasteiger partial charge in [0.15, 0.2) is 0 Å². The summed E-state index contributed by atoms with van der Waals surface area (Å²) in [6.45, 7) is 4.89. The lowest BCUT2D eigenvalue weighted by Gasteiger charge is -2.25. The first kappa shape index (κ1) is 17.1. The summed E-state index contributed by atoms with van der Waals surface area (Å²) in [5.41, 5.74) is -0.616. The number of carboxylic acid groups (broad SMARTS) is 1. The van der Waals surface area contributed by atoms with Gasteiger partial charge < -0.3 is 10.4 Å². The van der Waals surface area contributed by atoms with Crippen LogP contribution in [0.3, 0.4) is 0 Å². The number of carboxylic acids is 1. The van der Waals surface area contributed by atoms with Gasteiger partial charge >= 0.3 is 5.97 Å². The van der Waals surface area contributed by atoms with E-state index in [2.05, 4.69) is 5.32 Å². The van der Waals surface area contributed by atoms with Crippen molar-refractivity contribution >= 4 is 27.6 Å². The van der Waals surface area contributed by atoms with Crippen molar-refractivity contribution in [2.45, 2.75) is 25.7 Å². The summed E-state index contributed by atoms with van der Waals surface area (Å²) in [5.74, 6) is -3.24. The van der Waals surface area contributed by atoms with Crippen molar-refractivity contribution in [3.63, 3.8) is 0 Å². The lowest BCUT2D eigenvalue weighted by atomic mass is 9.80. The Labute approximate surface area is 123 Å². The summed E-state index contributed by atoms with van der Waals surface area (Å²) in [4.78, 5) is 23.2. The second-order valence-electron chi connectivity index (χ2n) is 5.70. The fourth-order valence-corrected chi connectivity index (χ4v) is 2.40. The Morgan fingerprint density at radius 3 is 2.29 bits per heavy atom. The summed E-state index contributed by atoms with van der Waals surface area (Å²) >= 11 is 0.